The average Bonchev–Trinajstić information content (AvgIpc) is 2.90. The number of hydrogen-bond donors (Lipinski definition) is 0. The zero-order chi connectivity index (χ0) is 25.0. The van der Waals surface area contributed by atoms with Crippen molar-refractivity contribution >= 4 is 11.4 Å². The molecule has 3 aromatic rings. The molecule has 2 aliphatic heterocycles. The Balaban J connectivity index is 1.10. The third-order valence-electron chi connectivity index (χ3n) is 8.16. The van der Waals surface area contributed by atoms with E-state index < -0.39 is 0 Å². The van der Waals surface area contributed by atoms with Gasteiger partial charge < -0.3 is 14.5 Å². The maximum Gasteiger partial charge on any atom is 0.129 e. The summed E-state index contributed by atoms with van der Waals surface area (Å²) in [6.45, 7) is 11.4. The topological polar surface area (TPSA) is 15.7 Å². The van der Waals surface area contributed by atoms with Gasteiger partial charge in [-0.2, -0.15) is 0 Å². The van der Waals surface area contributed by atoms with Crippen LogP contribution in [-0.2, 0) is 5.41 Å². The third-order valence-corrected chi connectivity index (χ3v) is 8.16. The number of benzene rings is 3. The van der Waals surface area contributed by atoms with Crippen molar-refractivity contribution in [1.82, 2.24) is 0 Å². The predicted octanol–water partition coefficient (Wildman–Crippen LogP) is 8.30. The lowest BCUT2D eigenvalue weighted by Gasteiger charge is -2.38. The Labute approximate surface area is 218 Å². The van der Waals surface area contributed by atoms with E-state index in [1.54, 1.807) is 0 Å². The Morgan fingerprint density at radius 3 is 1.78 bits per heavy atom. The Morgan fingerprint density at radius 2 is 1.19 bits per heavy atom. The highest BCUT2D eigenvalue weighted by Gasteiger charge is 2.26. The molecule has 0 aliphatic carbocycles. The van der Waals surface area contributed by atoms with Crippen molar-refractivity contribution in [2.75, 3.05) is 36.0 Å². The second-order valence-electron chi connectivity index (χ2n) is 11.8. The summed E-state index contributed by atoms with van der Waals surface area (Å²) in [5.41, 5.74) is 4.16. The zero-order valence-corrected chi connectivity index (χ0v) is 22.3. The lowest BCUT2D eigenvalue weighted by atomic mass is 9.82. The first-order chi connectivity index (χ1) is 17.4. The lowest BCUT2D eigenvalue weighted by Crippen LogP contribution is -2.37. The second kappa shape index (κ2) is 11.0. The Hall–Kier alpha value is -2.94. The molecule has 2 saturated heterocycles. The van der Waals surface area contributed by atoms with Crippen LogP contribution < -0.4 is 14.5 Å². The van der Waals surface area contributed by atoms with Gasteiger partial charge in [0.25, 0.3) is 0 Å². The van der Waals surface area contributed by atoms with E-state index in [1.807, 2.05) is 0 Å². The summed E-state index contributed by atoms with van der Waals surface area (Å²) in [4.78, 5) is 5.11. The van der Waals surface area contributed by atoms with E-state index in [4.69, 9.17) is 4.74 Å². The van der Waals surface area contributed by atoms with Crippen LogP contribution >= 0.6 is 0 Å². The van der Waals surface area contributed by atoms with Crippen LogP contribution in [0.5, 0.6) is 11.5 Å². The van der Waals surface area contributed by atoms with Crippen molar-refractivity contribution in [3.63, 3.8) is 0 Å². The first kappa shape index (κ1) is 24.7. The molecule has 0 atom stereocenters. The normalized spacial score (nSPS) is 17.9. The molecular formula is C33H42N2O. The standard InChI is InChI=1S/C33H42N2O/c1-33(2,3)28-12-14-31(15-13-28)36-32-11-7-10-30(25-32)35-22-18-27(19-23-35)24-26-16-20-34(21-17-26)29-8-5-4-6-9-29/h4-15,25-27H,16-24H2,1-3H3. The van der Waals surface area contributed by atoms with Gasteiger partial charge in [-0.3, -0.25) is 0 Å². The molecule has 3 heteroatoms. The van der Waals surface area contributed by atoms with Crippen molar-refractivity contribution in [2.24, 2.45) is 11.8 Å². The van der Waals surface area contributed by atoms with Gasteiger partial charge in [-0.25, -0.2) is 0 Å². The van der Waals surface area contributed by atoms with E-state index in [2.05, 4.69) is 109 Å². The average molecular weight is 483 g/mol. The summed E-state index contributed by atoms with van der Waals surface area (Å²) in [7, 11) is 0. The first-order valence-electron chi connectivity index (χ1n) is 13.9. The molecule has 3 nitrogen and oxygen atoms in total. The minimum absolute atomic E-state index is 0.157. The van der Waals surface area contributed by atoms with E-state index in [1.165, 1.54) is 62.1 Å². The van der Waals surface area contributed by atoms with Crippen LogP contribution in [0, 0.1) is 11.8 Å². The molecule has 0 unspecified atom stereocenters. The zero-order valence-electron chi connectivity index (χ0n) is 22.3. The van der Waals surface area contributed by atoms with Crippen molar-refractivity contribution < 1.29 is 4.74 Å². The van der Waals surface area contributed by atoms with Crippen LogP contribution in [0.25, 0.3) is 0 Å². The maximum atomic E-state index is 6.21. The SMILES string of the molecule is CC(C)(C)c1ccc(Oc2cccc(N3CCC(CC4CCN(c5ccccc5)CC4)CC3)c2)cc1. The summed E-state index contributed by atoms with van der Waals surface area (Å²) < 4.78 is 6.21. The van der Waals surface area contributed by atoms with Gasteiger partial charge in [0, 0.05) is 43.6 Å². The van der Waals surface area contributed by atoms with E-state index in [-0.39, 0.29) is 5.41 Å². The fourth-order valence-electron chi connectivity index (χ4n) is 5.87. The van der Waals surface area contributed by atoms with Crippen LogP contribution in [-0.4, -0.2) is 26.2 Å². The van der Waals surface area contributed by atoms with Crippen LogP contribution in [0.2, 0.25) is 0 Å². The molecule has 0 amide bonds. The molecule has 0 bridgehead atoms. The number of rotatable bonds is 6. The number of para-hydroxylation sites is 1. The van der Waals surface area contributed by atoms with E-state index in [0.717, 1.165) is 36.4 Å². The molecule has 3 aromatic carbocycles. The molecule has 0 aromatic heterocycles. The molecule has 0 radical (unpaired) electrons. The smallest absolute Gasteiger partial charge is 0.129 e. The van der Waals surface area contributed by atoms with Crippen LogP contribution in [0.3, 0.4) is 0 Å². The molecule has 36 heavy (non-hydrogen) atoms. The molecule has 0 saturated carbocycles. The molecule has 190 valence electrons. The highest BCUT2D eigenvalue weighted by Crippen LogP contribution is 2.34. The van der Waals surface area contributed by atoms with E-state index in [0.29, 0.717) is 0 Å². The highest BCUT2D eigenvalue weighted by molar-refractivity contribution is 5.52. The minimum atomic E-state index is 0.157. The summed E-state index contributed by atoms with van der Waals surface area (Å²) in [6.07, 6.45) is 6.69. The number of piperidine rings is 2. The van der Waals surface area contributed by atoms with E-state index >= 15 is 0 Å². The molecule has 2 aliphatic rings. The van der Waals surface area contributed by atoms with Gasteiger partial charge in [0.05, 0.1) is 0 Å². The van der Waals surface area contributed by atoms with Crippen molar-refractivity contribution in [2.45, 2.75) is 58.3 Å². The number of ether oxygens (including phenoxy) is 1. The Morgan fingerprint density at radius 1 is 0.639 bits per heavy atom. The number of anilines is 2. The fraction of sp³-hybridized carbons (Fsp3) is 0.455. The molecule has 2 heterocycles. The van der Waals surface area contributed by atoms with Gasteiger partial charge in [-0.15, -0.1) is 0 Å². The Kier molecular flexibility index (Phi) is 7.55. The molecule has 0 N–H and O–H groups in total. The van der Waals surface area contributed by atoms with Gasteiger partial charge in [-0.1, -0.05) is 57.2 Å². The predicted molar refractivity (Wildman–Crippen MR) is 153 cm³/mol. The van der Waals surface area contributed by atoms with Crippen molar-refractivity contribution in [1.29, 1.82) is 0 Å². The van der Waals surface area contributed by atoms with E-state index in [9.17, 15) is 0 Å². The summed E-state index contributed by atoms with van der Waals surface area (Å²) in [5.74, 6) is 3.58. The van der Waals surface area contributed by atoms with Crippen molar-refractivity contribution in [3.05, 3.63) is 84.4 Å². The first-order valence-corrected chi connectivity index (χ1v) is 13.9. The largest absolute Gasteiger partial charge is 0.457 e. The van der Waals surface area contributed by atoms with Gasteiger partial charge in [0.2, 0.25) is 0 Å². The Bertz CT molecular complexity index is 1090. The summed E-state index contributed by atoms with van der Waals surface area (Å²) in [5, 5.41) is 0. The monoisotopic (exact) mass is 482 g/mol. The molecule has 2 fully saturated rings. The van der Waals surface area contributed by atoms with Crippen molar-refractivity contribution in [3.8, 4) is 11.5 Å². The molecular weight excluding hydrogens is 440 g/mol. The highest BCUT2D eigenvalue weighted by atomic mass is 16.5. The van der Waals surface area contributed by atoms with Gasteiger partial charge in [0.1, 0.15) is 11.5 Å². The lowest BCUT2D eigenvalue weighted by molar-refractivity contribution is 0.279. The number of hydrogen-bond acceptors (Lipinski definition) is 3. The quantitative estimate of drug-likeness (QED) is 0.351. The summed E-state index contributed by atoms with van der Waals surface area (Å²) >= 11 is 0. The fourth-order valence-corrected chi connectivity index (χ4v) is 5.87. The molecule has 0 spiro atoms. The maximum absolute atomic E-state index is 6.21. The number of nitrogens with zero attached hydrogens (tertiary/aromatic N) is 2. The minimum Gasteiger partial charge on any atom is -0.457 e. The van der Waals surface area contributed by atoms with Gasteiger partial charge in [-0.05, 0) is 91.3 Å². The van der Waals surface area contributed by atoms with Crippen LogP contribution in [0.1, 0.15) is 58.4 Å². The second-order valence-corrected chi connectivity index (χ2v) is 11.8. The van der Waals surface area contributed by atoms with Gasteiger partial charge in [0.15, 0.2) is 0 Å². The van der Waals surface area contributed by atoms with Gasteiger partial charge >= 0.3 is 0 Å². The summed E-state index contributed by atoms with van der Waals surface area (Å²) in [6, 6.07) is 28.1. The molecule has 5 rings (SSSR count). The third kappa shape index (κ3) is 6.24. The van der Waals surface area contributed by atoms with Crippen LogP contribution in [0.15, 0.2) is 78.9 Å². The van der Waals surface area contributed by atoms with Crippen LogP contribution in [0.4, 0.5) is 11.4 Å².